The molecule has 0 aliphatic heterocycles. The smallest absolute Gasteiger partial charge is 0.180 e. The van der Waals surface area contributed by atoms with Gasteiger partial charge in [-0.15, -0.1) is 0 Å². The first-order chi connectivity index (χ1) is 13.5. The van der Waals surface area contributed by atoms with Gasteiger partial charge in [-0.25, -0.2) is 0 Å². The van der Waals surface area contributed by atoms with Crippen molar-refractivity contribution in [3.63, 3.8) is 0 Å². The maximum atomic E-state index is 6.44. The van der Waals surface area contributed by atoms with Crippen LogP contribution in [-0.2, 0) is 13.2 Å². The summed E-state index contributed by atoms with van der Waals surface area (Å²) in [5.74, 6) is 1.03. The largest absolute Gasteiger partial charge is 0.493 e. The molecule has 3 nitrogen and oxygen atoms in total. The Morgan fingerprint density at radius 1 is 0.821 bits per heavy atom. The normalized spacial score (nSPS) is 10.6. The average Bonchev–Trinajstić information content (AvgIpc) is 2.66. The van der Waals surface area contributed by atoms with Gasteiger partial charge in [0.05, 0.1) is 22.8 Å². The van der Waals surface area contributed by atoms with Crippen molar-refractivity contribution in [1.82, 2.24) is 0 Å². The molecule has 0 bridgehead atoms. The maximum Gasteiger partial charge on any atom is 0.180 e. The highest BCUT2D eigenvalue weighted by Crippen LogP contribution is 2.37. The van der Waals surface area contributed by atoms with E-state index in [1.165, 1.54) is 0 Å². The summed E-state index contributed by atoms with van der Waals surface area (Å²) in [5.41, 5.74) is 2.64. The van der Waals surface area contributed by atoms with E-state index in [4.69, 9.17) is 55.9 Å². The lowest BCUT2D eigenvalue weighted by Crippen LogP contribution is -2.03. The Morgan fingerprint density at radius 2 is 1.61 bits per heavy atom. The fourth-order valence-corrected chi connectivity index (χ4v) is 3.60. The molecule has 146 valence electrons. The van der Waals surface area contributed by atoms with Gasteiger partial charge < -0.3 is 14.8 Å². The van der Waals surface area contributed by atoms with Gasteiger partial charge in [0.15, 0.2) is 11.5 Å². The third kappa shape index (κ3) is 5.39. The molecule has 1 N–H and O–H groups in total. The minimum atomic E-state index is 0.328. The van der Waals surface area contributed by atoms with Gasteiger partial charge in [-0.2, -0.15) is 0 Å². The van der Waals surface area contributed by atoms with Gasteiger partial charge in [-0.05, 0) is 53.6 Å². The summed E-state index contributed by atoms with van der Waals surface area (Å²) < 4.78 is 11.3. The standard InChI is InChI=1S/C21H17Cl4NO2/c1-27-20-9-14(11-26-19-6-5-16(23)10-17(19)24)8-18(25)21(20)28-12-13-3-2-4-15(22)7-13/h2-10,26H,11-12H2,1H3. The van der Waals surface area contributed by atoms with Crippen molar-refractivity contribution >= 4 is 52.1 Å². The summed E-state index contributed by atoms with van der Waals surface area (Å²) in [6.07, 6.45) is 0. The lowest BCUT2D eigenvalue weighted by molar-refractivity contribution is 0.284. The zero-order chi connectivity index (χ0) is 20.1. The van der Waals surface area contributed by atoms with E-state index < -0.39 is 0 Å². The molecule has 28 heavy (non-hydrogen) atoms. The second kappa shape index (κ2) is 9.62. The topological polar surface area (TPSA) is 30.5 Å². The number of halogens is 4. The van der Waals surface area contributed by atoms with E-state index >= 15 is 0 Å². The second-order valence-corrected chi connectivity index (χ2v) is 7.69. The number of anilines is 1. The number of hydrogen-bond donors (Lipinski definition) is 1. The summed E-state index contributed by atoms with van der Waals surface area (Å²) >= 11 is 24.6. The molecule has 0 saturated heterocycles. The summed E-state index contributed by atoms with van der Waals surface area (Å²) in [6.45, 7) is 0.834. The van der Waals surface area contributed by atoms with Crippen LogP contribution in [0.25, 0.3) is 0 Å². The molecule has 0 spiro atoms. The average molecular weight is 457 g/mol. The van der Waals surface area contributed by atoms with Crippen molar-refractivity contribution in [2.75, 3.05) is 12.4 Å². The van der Waals surface area contributed by atoms with Crippen LogP contribution >= 0.6 is 46.4 Å². The van der Waals surface area contributed by atoms with Crippen molar-refractivity contribution in [3.05, 3.63) is 85.8 Å². The Hall–Kier alpha value is -1.78. The molecule has 3 aromatic rings. The molecule has 3 aromatic carbocycles. The van der Waals surface area contributed by atoms with E-state index in [9.17, 15) is 0 Å². The number of ether oxygens (including phenoxy) is 2. The fourth-order valence-electron chi connectivity index (χ4n) is 2.63. The SMILES string of the molecule is COc1cc(CNc2ccc(Cl)cc2Cl)cc(Cl)c1OCc1cccc(Cl)c1. The van der Waals surface area contributed by atoms with Gasteiger partial charge in [0, 0.05) is 16.6 Å². The molecule has 0 atom stereocenters. The monoisotopic (exact) mass is 455 g/mol. The van der Waals surface area contributed by atoms with Crippen LogP contribution in [0.4, 0.5) is 5.69 Å². The second-order valence-electron chi connectivity index (χ2n) is 6.01. The minimum absolute atomic E-state index is 0.328. The van der Waals surface area contributed by atoms with Gasteiger partial charge in [0.2, 0.25) is 0 Å². The van der Waals surface area contributed by atoms with Crippen LogP contribution < -0.4 is 14.8 Å². The Kier molecular flexibility index (Phi) is 7.19. The summed E-state index contributed by atoms with van der Waals surface area (Å²) in [6, 6.07) is 16.4. The molecule has 0 unspecified atom stereocenters. The van der Waals surface area contributed by atoms with Crippen molar-refractivity contribution in [1.29, 1.82) is 0 Å². The van der Waals surface area contributed by atoms with Crippen LogP contribution in [-0.4, -0.2) is 7.11 Å². The molecule has 0 aliphatic carbocycles. The van der Waals surface area contributed by atoms with Crippen LogP contribution in [0, 0.1) is 0 Å². The van der Waals surface area contributed by atoms with Crippen molar-refractivity contribution in [2.24, 2.45) is 0 Å². The lowest BCUT2D eigenvalue weighted by atomic mass is 10.2. The van der Waals surface area contributed by atoms with Gasteiger partial charge >= 0.3 is 0 Å². The van der Waals surface area contributed by atoms with Crippen molar-refractivity contribution < 1.29 is 9.47 Å². The molecule has 0 aromatic heterocycles. The summed E-state index contributed by atoms with van der Waals surface area (Å²) in [5, 5.41) is 5.50. The predicted octanol–water partition coefficient (Wildman–Crippen LogP) is 7.50. The van der Waals surface area contributed by atoms with Crippen LogP contribution in [0.15, 0.2) is 54.6 Å². The van der Waals surface area contributed by atoms with E-state index in [0.717, 1.165) is 16.8 Å². The quantitative estimate of drug-likeness (QED) is 0.399. The number of hydrogen-bond acceptors (Lipinski definition) is 3. The lowest BCUT2D eigenvalue weighted by Gasteiger charge is -2.15. The zero-order valence-corrected chi connectivity index (χ0v) is 18.0. The molecule has 0 heterocycles. The molecule has 0 aliphatic rings. The maximum absolute atomic E-state index is 6.44. The van der Waals surface area contributed by atoms with E-state index in [1.54, 1.807) is 19.2 Å². The number of methoxy groups -OCH3 is 1. The number of rotatable bonds is 7. The molecule has 0 fully saturated rings. The molecule has 0 radical (unpaired) electrons. The Labute approximate surface area is 184 Å². The fraction of sp³-hybridized carbons (Fsp3) is 0.143. The van der Waals surface area contributed by atoms with E-state index in [1.807, 2.05) is 42.5 Å². The Morgan fingerprint density at radius 3 is 2.32 bits per heavy atom. The van der Waals surface area contributed by atoms with Crippen molar-refractivity contribution in [3.8, 4) is 11.5 Å². The molecule has 0 saturated carbocycles. The third-order valence-corrected chi connectivity index (χ3v) is 5.04. The number of nitrogens with one attached hydrogen (secondary N) is 1. The molecular weight excluding hydrogens is 440 g/mol. The summed E-state index contributed by atoms with van der Waals surface area (Å²) in [4.78, 5) is 0. The van der Waals surface area contributed by atoms with Crippen LogP contribution in [0.2, 0.25) is 20.1 Å². The highest BCUT2D eigenvalue weighted by atomic mass is 35.5. The summed E-state index contributed by atoms with van der Waals surface area (Å²) in [7, 11) is 1.57. The first-order valence-corrected chi connectivity index (χ1v) is 9.90. The van der Waals surface area contributed by atoms with Crippen LogP contribution in [0.5, 0.6) is 11.5 Å². The zero-order valence-electron chi connectivity index (χ0n) is 14.9. The molecule has 0 amide bonds. The van der Waals surface area contributed by atoms with Crippen molar-refractivity contribution in [2.45, 2.75) is 13.2 Å². The van der Waals surface area contributed by atoms with E-state index in [0.29, 0.717) is 44.7 Å². The van der Waals surface area contributed by atoms with Gasteiger partial charge in [0.1, 0.15) is 6.61 Å². The van der Waals surface area contributed by atoms with Gasteiger partial charge in [0.25, 0.3) is 0 Å². The molecule has 7 heteroatoms. The molecular formula is C21H17Cl4NO2. The molecule has 3 rings (SSSR count). The third-order valence-electron chi connectivity index (χ3n) is 3.98. The number of benzene rings is 3. The van der Waals surface area contributed by atoms with Crippen LogP contribution in [0.3, 0.4) is 0 Å². The Bertz CT molecular complexity index is 979. The van der Waals surface area contributed by atoms with E-state index in [2.05, 4.69) is 5.32 Å². The Balaban J connectivity index is 1.73. The van der Waals surface area contributed by atoms with Crippen LogP contribution in [0.1, 0.15) is 11.1 Å². The predicted molar refractivity (Wildman–Crippen MR) is 118 cm³/mol. The minimum Gasteiger partial charge on any atom is -0.493 e. The highest BCUT2D eigenvalue weighted by Gasteiger charge is 2.13. The van der Waals surface area contributed by atoms with Gasteiger partial charge in [-0.3, -0.25) is 0 Å². The first-order valence-electron chi connectivity index (χ1n) is 8.39. The van der Waals surface area contributed by atoms with Gasteiger partial charge in [-0.1, -0.05) is 58.5 Å². The van der Waals surface area contributed by atoms with E-state index in [-0.39, 0.29) is 0 Å². The first kappa shape index (κ1) is 20.9. The highest BCUT2D eigenvalue weighted by molar-refractivity contribution is 6.36.